The minimum Gasteiger partial charge on any atom is -0.376 e. The smallest absolute Gasteiger partial charge is 0.269 e. The van der Waals surface area contributed by atoms with Crippen LogP contribution in [0.2, 0.25) is 0 Å². The summed E-state index contributed by atoms with van der Waals surface area (Å²) < 4.78 is 0. The highest BCUT2D eigenvalue weighted by molar-refractivity contribution is 6.09. The van der Waals surface area contributed by atoms with E-state index < -0.39 is 4.92 Å². The van der Waals surface area contributed by atoms with Crippen LogP contribution in [0.1, 0.15) is 36.0 Å². The van der Waals surface area contributed by atoms with Gasteiger partial charge in [-0.1, -0.05) is 12.8 Å². The van der Waals surface area contributed by atoms with Crippen molar-refractivity contribution in [2.75, 3.05) is 0 Å². The summed E-state index contributed by atoms with van der Waals surface area (Å²) in [5.74, 6) is -0.629. The summed E-state index contributed by atoms with van der Waals surface area (Å²) in [5, 5.41) is 16.7. The average Bonchev–Trinajstić information content (AvgIpc) is 2.55. The first-order chi connectivity index (χ1) is 11.0. The van der Waals surface area contributed by atoms with Crippen LogP contribution in [0.3, 0.4) is 0 Å². The Kier molecular flexibility index (Phi) is 4.10. The second-order valence-electron chi connectivity index (χ2n) is 5.84. The summed E-state index contributed by atoms with van der Waals surface area (Å²) in [6, 6.07) is 5.62. The molecule has 23 heavy (non-hydrogen) atoms. The molecule has 1 aromatic rings. The maximum absolute atomic E-state index is 12.2. The van der Waals surface area contributed by atoms with Crippen LogP contribution >= 0.6 is 0 Å². The summed E-state index contributed by atoms with van der Waals surface area (Å²) in [5.41, 5.74) is 0.493. The van der Waals surface area contributed by atoms with Gasteiger partial charge in [0.2, 0.25) is 0 Å². The number of nitro groups is 1. The Morgan fingerprint density at radius 1 is 1.13 bits per heavy atom. The Morgan fingerprint density at radius 3 is 2.35 bits per heavy atom. The third-order valence-corrected chi connectivity index (χ3v) is 4.31. The lowest BCUT2D eigenvalue weighted by Gasteiger charge is -2.38. The molecular weight excluding hydrogens is 298 g/mol. The zero-order chi connectivity index (χ0) is 16.4. The van der Waals surface area contributed by atoms with Crippen molar-refractivity contribution in [1.82, 2.24) is 10.6 Å². The molecule has 1 amide bonds. The molecule has 7 heteroatoms. The Labute approximate surface area is 132 Å². The molecule has 7 nitrogen and oxygen atoms in total. The summed E-state index contributed by atoms with van der Waals surface area (Å²) in [6.45, 7) is 0. The first kappa shape index (κ1) is 15.2. The Morgan fingerprint density at radius 2 is 1.74 bits per heavy atom. The minimum atomic E-state index is -0.522. The van der Waals surface area contributed by atoms with Gasteiger partial charge in [-0.25, -0.2) is 0 Å². The van der Waals surface area contributed by atoms with Crippen LogP contribution in [0.15, 0.2) is 36.0 Å². The summed E-state index contributed by atoms with van der Waals surface area (Å²) >= 11 is 0. The molecule has 2 N–H and O–H groups in total. The van der Waals surface area contributed by atoms with E-state index in [4.69, 9.17) is 0 Å². The number of piperazine rings is 1. The number of rotatable bonds is 3. The number of hydrogen-bond donors (Lipinski definition) is 2. The molecule has 3 rings (SSSR count). The SMILES string of the molecule is O=C1NC2CCCCC2N/C1=C/C(=O)c1ccc([N+](=O)[O-])cc1. The molecule has 1 saturated heterocycles. The molecule has 1 aliphatic heterocycles. The third-order valence-electron chi connectivity index (χ3n) is 4.31. The van der Waals surface area contributed by atoms with Crippen LogP contribution in [-0.2, 0) is 4.79 Å². The van der Waals surface area contributed by atoms with E-state index in [9.17, 15) is 19.7 Å². The number of amides is 1. The van der Waals surface area contributed by atoms with Gasteiger partial charge in [-0.15, -0.1) is 0 Å². The van der Waals surface area contributed by atoms with E-state index in [-0.39, 0.29) is 35.2 Å². The molecule has 0 bridgehead atoms. The van der Waals surface area contributed by atoms with Crippen molar-refractivity contribution in [1.29, 1.82) is 0 Å². The highest BCUT2D eigenvalue weighted by Gasteiger charge is 2.33. The number of hydrogen-bond acceptors (Lipinski definition) is 5. The third kappa shape index (κ3) is 3.23. The lowest BCUT2D eigenvalue weighted by molar-refractivity contribution is -0.384. The van der Waals surface area contributed by atoms with Crippen molar-refractivity contribution in [3.63, 3.8) is 0 Å². The van der Waals surface area contributed by atoms with Gasteiger partial charge in [0, 0.05) is 35.9 Å². The monoisotopic (exact) mass is 315 g/mol. The van der Waals surface area contributed by atoms with Crippen LogP contribution in [0.4, 0.5) is 5.69 Å². The largest absolute Gasteiger partial charge is 0.376 e. The molecule has 2 aliphatic rings. The number of carbonyl (C=O) groups is 2. The molecule has 0 spiro atoms. The zero-order valence-corrected chi connectivity index (χ0v) is 12.5. The van der Waals surface area contributed by atoms with E-state index in [1.54, 1.807) is 0 Å². The number of benzene rings is 1. The van der Waals surface area contributed by atoms with Gasteiger partial charge >= 0.3 is 0 Å². The van der Waals surface area contributed by atoms with Crippen molar-refractivity contribution >= 4 is 17.4 Å². The predicted octanol–water partition coefficient (Wildman–Crippen LogP) is 1.69. The van der Waals surface area contributed by atoms with Gasteiger partial charge in [0.1, 0.15) is 5.70 Å². The maximum atomic E-state index is 12.2. The molecule has 1 aliphatic carbocycles. The van der Waals surface area contributed by atoms with Crippen molar-refractivity contribution in [3.8, 4) is 0 Å². The van der Waals surface area contributed by atoms with Gasteiger partial charge in [-0.05, 0) is 25.0 Å². The van der Waals surface area contributed by atoms with E-state index >= 15 is 0 Å². The summed E-state index contributed by atoms with van der Waals surface area (Å²) in [7, 11) is 0. The van der Waals surface area contributed by atoms with Gasteiger partial charge in [-0.2, -0.15) is 0 Å². The molecule has 2 unspecified atom stereocenters. The summed E-state index contributed by atoms with van der Waals surface area (Å²) in [4.78, 5) is 34.4. The highest BCUT2D eigenvalue weighted by atomic mass is 16.6. The molecule has 2 fully saturated rings. The standard InChI is InChI=1S/C16H17N3O4/c20-15(10-5-7-11(8-6-10)19(22)23)9-14-16(21)18-13-4-2-1-3-12(13)17-14/h5-9,12-13,17H,1-4H2,(H,18,21)/b14-9+. The van der Waals surface area contributed by atoms with Crippen LogP contribution in [0, 0.1) is 10.1 Å². The van der Waals surface area contributed by atoms with E-state index in [1.807, 2.05) is 0 Å². The first-order valence-corrected chi connectivity index (χ1v) is 7.62. The van der Waals surface area contributed by atoms with E-state index in [1.165, 1.54) is 30.3 Å². The molecule has 1 heterocycles. The number of non-ortho nitro benzene ring substituents is 1. The predicted molar refractivity (Wildman–Crippen MR) is 82.8 cm³/mol. The molecule has 1 aromatic carbocycles. The fourth-order valence-electron chi connectivity index (χ4n) is 3.06. The van der Waals surface area contributed by atoms with Crippen molar-refractivity contribution < 1.29 is 14.5 Å². The molecular formula is C16H17N3O4. The lowest BCUT2D eigenvalue weighted by Crippen LogP contribution is -2.58. The van der Waals surface area contributed by atoms with Crippen LogP contribution in [-0.4, -0.2) is 28.7 Å². The van der Waals surface area contributed by atoms with E-state index in [0.717, 1.165) is 25.7 Å². The summed E-state index contributed by atoms with van der Waals surface area (Å²) in [6.07, 6.45) is 5.39. The molecule has 120 valence electrons. The number of allylic oxidation sites excluding steroid dienone is 1. The fraction of sp³-hybridized carbons (Fsp3) is 0.375. The van der Waals surface area contributed by atoms with Gasteiger partial charge < -0.3 is 10.6 Å². The van der Waals surface area contributed by atoms with Crippen LogP contribution < -0.4 is 10.6 Å². The number of nitrogens with one attached hydrogen (secondary N) is 2. The minimum absolute atomic E-state index is 0.0761. The molecule has 2 atom stereocenters. The molecule has 0 aromatic heterocycles. The number of carbonyl (C=O) groups excluding carboxylic acids is 2. The van der Waals surface area contributed by atoms with E-state index in [0.29, 0.717) is 5.56 Å². The van der Waals surface area contributed by atoms with Gasteiger partial charge in [-0.3, -0.25) is 19.7 Å². The van der Waals surface area contributed by atoms with Gasteiger partial charge in [0.25, 0.3) is 11.6 Å². The number of nitrogens with zero attached hydrogens (tertiary/aromatic N) is 1. The van der Waals surface area contributed by atoms with Gasteiger partial charge in [0.15, 0.2) is 5.78 Å². The normalized spacial score (nSPS) is 25.2. The van der Waals surface area contributed by atoms with Crippen molar-refractivity contribution in [3.05, 3.63) is 51.7 Å². The molecule has 1 saturated carbocycles. The maximum Gasteiger partial charge on any atom is 0.269 e. The Hall–Kier alpha value is -2.70. The average molecular weight is 315 g/mol. The molecule has 0 radical (unpaired) electrons. The number of fused-ring (bicyclic) bond motifs is 1. The Balaban J connectivity index is 1.75. The fourth-order valence-corrected chi connectivity index (χ4v) is 3.06. The Bertz CT molecular complexity index is 681. The van der Waals surface area contributed by atoms with E-state index in [2.05, 4.69) is 10.6 Å². The van der Waals surface area contributed by atoms with Crippen molar-refractivity contribution in [2.45, 2.75) is 37.8 Å². The lowest BCUT2D eigenvalue weighted by atomic mass is 9.88. The quantitative estimate of drug-likeness (QED) is 0.382. The number of ketones is 1. The second kappa shape index (κ2) is 6.20. The topological polar surface area (TPSA) is 101 Å². The second-order valence-corrected chi connectivity index (χ2v) is 5.84. The van der Waals surface area contributed by atoms with Crippen LogP contribution in [0.5, 0.6) is 0 Å². The van der Waals surface area contributed by atoms with Crippen molar-refractivity contribution in [2.24, 2.45) is 0 Å². The first-order valence-electron chi connectivity index (χ1n) is 7.62. The zero-order valence-electron chi connectivity index (χ0n) is 12.5. The van der Waals surface area contributed by atoms with Crippen LogP contribution in [0.25, 0.3) is 0 Å². The number of nitro benzene ring substituents is 1. The van der Waals surface area contributed by atoms with Gasteiger partial charge in [0.05, 0.1) is 4.92 Å². The highest BCUT2D eigenvalue weighted by Crippen LogP contribution is 2.22.